The molecule has 1 aliphatic carbocycles. The van der Waals surface area contributed by atoms with Crippen LogP contribution in [0.2, 0.25) is 0 Å². The number of thioether (sulfide) groups is 1. The lowest BCUT2D eigenvalue weighted by atomic mass is 10.1. The summed E-state index contributed by atoms with van der Waals surface area (Å²) in [6.07, 6.45) is 5.59. The maximum absolute atomic E-state index is 12.1. The molecule has 0 radical (unpaired) electrons. The van der Waals surface area contributed by atoms with Crippen molar-refractivity contribution in [2.75, 3.05) is 12.9 Å². The molecule has 1 saturated carbocycles. The Hall–Kier alpha value is -1.75. The second-order valence-electron chi connectivity index (χ2n) is 6.20. The van der Waals surface area contributed by atoms with Gasteiger partial charge in [0, 0.05) is 11.4 Å². The van der Waals surface area contributed by atoms with Gasteiger partial charge in [0.25, 0.3) is 0 Å². The molecule has 1 fully saturated rings. The highest BCUT2D eigenvalue weighted by molar-refractivity contribution is 7.99. The fourth-order valence-electron chi connectivity index (χ4n) is 3.16. The second-order valence-corrected chi connectivity index (χ2v) is 7.17. The van der Waals surface area contributed by atoms with E-state index in [2.05, 4.69) is 18.3 Å². The highest BCUT2D eigenvalue weighted by atomic mass is 32.2. The first kappa shape index (κ1) is 17.1. The van der Waals surface area contributed by atoms with Gasteiger partial charge in [-0.05, 0) is 49.1 Å². The number of hydrogen-bond acceptors (Lipinski definition) is 4. The molecule has 1 N–H and O–H groups in total. The minimum absolute atomic E-state index is 0.116. The van der Waals surface area contributed by atoms with Crippen LogP contribution < -0.4 is 10.1 Å². The molecule has 0 atom stereocenters. The molecule has 4 nitrogen and oxygen atoms in total. The highest BCUT2D eigenvalue weighted by Gasteiger charge is 2.17. The molecule has 0 saturated heterocycles. The summed E-state index contributed by atoms with van der Waals surface area (Å²) in [4.78, 5) is 16.9. The predicted octanol–water partition coefficient (Wildman–Crippen LogP) is 3.96. The van der Waals surface area contributed by atoms with Crippen LogP contribution >= 0.6 is 11.8 Å². The van der Waals surface area contributed by atoms with Crippen molar-refractivity contribution in [2.45, 2.75) is 50.1 Å². The maximum Gasteiger partial charge on any atom is 0.230 e. The van der Waals surface area contributed by atoms with E-state index in [-0.39, 0.29) is 5.91 Å². The molecule has 3 rings (SSSR count). The zero-order chi connectivity index (χ0) is 16.9. The average Bonchev–Trinajstić information content (AvgIpc) is 3.11. The SMILES string of the molecule is CCc1cc2cc(OC)ccc2nc1SCC(=O)NC1CCCC1. The number of pyridine rings is 1. The number of amides is 1. The Morgan fingerprint density at radius 3 is 2.83 bits per heavy atom. The Morgan fingerprint density at radius 1 is 1.33 bits per heavy atom. The van der Waals surface area contributed by atoms with Crippen LogP contribution in [-0.2, 0) is 11.2 Å². The molecular weight excluding hydrogens is 320 g/mol. The van der Waals surface area contributed by atoms with Crippen molar-refractivity contribution >= 4 is 28.6 Å². The van der Waals surface area contributed by atoms with E-state index in [1.165, 1.54) is 30.2 Å². The molecule has 0 bridgehead atoms. The fraction of sp³-hybridized carbons (Fsp3) is 0.474. The lowest BCUT2D eigenvalue weighted by molar-refractivity contribution is -0.119. The Bertz CT molecular complexity index is 727. The standard InChI is InChI=1S/C19H24N2O2S/c1-3-13-10-14-11-16(23-2)8-9-17(14)21-19(13)24-12-18(22)20-15-6-4-5-7-15/h8-11,15H,3-7,12H2,1-2H3,(H,20,22). The van der Waals surface area contributed by atoms with Crippen molar-refractivity contribution in [1.29, 1.82) is 0 Å². The minimum Gasteiger partial charge on any atom is -0.497 e. The molecule has 0 aliphatic heterocycles. The first-order valence-electron chi connectivity index (χ1n) is 8.59. The number of nitrogens with zero attached hydrogens (tertiary/aromatic N) is 1. The molecule has 0 spiro atoms. The zero-order valence-corrected chi connectivity index (χ0v) is 15.1. The monoisotopic (exact) mass is 344 g/mol. The van der Waals surface area contributed by atoms with Gasteiger partial charge in [-0.1, -0.05) is 31.5 Å². The summed E-state index contributed by atoms with van der Waals surface area (Å²) in [6, 6.07) is 8.42. The third kappa shape index (κ3) is 4.01. The van der Waals surface area contributed by atoms with E-state index in [1.807, 2.05) is 18.2 Å². The van der Waals surface area contributed by atoms with E-state index in [0.717, 1.165) is 40.9 Å². The van der Waals surface area contributed by atoms with Crippen LogP contribution in [-0.4, -0.2) is 29.8 Å². The third-order valence-electron chi connectivity index (χ3n) is 4.50. The van der Waals surface area contributed by atoms with Crippen LogP contribution in [0.5, 0.6) is 5.75 Å². The number of benzene rings is 1. The van der Waals surface area contributed by atoms with E-state index in [9.17, 15) is 4.79 Å². The van der Waals surface area contributed by atoms with E-state index >= 15 is 0 Å². The smallest absolute Gasteiger partial charge is 0.230 e. The molecule has 1 aliphatic rings. The van der Waals surface area contributed by atoms with Crippen LogP contribution in [0.15, 0.2) is 29.3 Å². The molecule has 2 aromatic rings. The average molecular weight is 344 g/mol. The van der Waals surface area contributed by atoms with E-state index in [1.54, 1.807) is 7.11 Å². The number of fused-ring (bicyclic) bond motifs is 1. The summed E-state index contributed by atoms with van der Waals surface area (Å²) in [5.41, 5.74) is 2.11. The normalized spacial score (nSPS) is 14.9. The molecule has 1 heterocycles. The second kappa shape index (κ2) is 7.88. The first-order valence-corrected chi connectivity index (χ1v) is 9.58. The Labute approximate surface area is 147 Å². The highest BCUT2D eigenvalue weighted by Crippen LogP contribution is 2.28. The molecule has 0 unspecified atom stereocenters. The maximum atomic E-state index is 12.1. The van der Waals surface area contributed by atoms with Gasteiger partial charge >= 0.3 is 0 Å². The van der Waals surface area contributed by atoms with Crippen molar-refractivity contribution in [3.63, 3.8) is 0 Å². The van der Waals surface area contributed by atoms with Crippen LogP contribution in [0.3, 0.4) is 0 Å². The van der Waals surface area contributed by atoms with Crippen LogP contribution in [0.4, 0.5) is 0 Å². The van der Waals surface area contributed by atoms with Gasteiger partial charge in [-0.25, -0.2) is 4.98 Å². The molecule has 1 amide bonds. The lowest BCUT2D eigenvalue weighted by Gasteiger charge is -2.13. The number of nitrogens with one attached hydrogen (secondary N) is 1. The predicted molar refractivity (Wildman–Crippen MR) is 98.8 cm³/mol. The Kier molecular flexibility index (Phi) is 5.61. The van der Waals surface area contributed by atoms with Crippen LogP contribution in [0.25, 0.3) is 10.9 Å². The van der Waals surface area contributed by atoms with E-state index in [0.29, 0.717) is 11.8 Å². The van der Waals surface area contributed by atoms with Crippen molar-refractivity contribution in [3.8, 4) is 5.75 Å². The van der Waals surface area contributed by atoms with Gasteiger partial charge in [-0.15, -0.1) is 0 Å². The number of carbonyl (C=O) groups is 1. The number of methoxy groups -OCH3 is 1. The van der Waals surface area contributed by atoms with E-state index in [4.69, 9.17) is 9.72 Å². The van der Waals surface area contributed by atoms with Gasteiger partial charge in [-0.3, -0.25) is 4.79 Å². The van der Waals surface area contributed by atoms with Gasteiger partial charge in [0.15, 0.2) is 0 Å². The van der Waals surface area contributed by atoms with Crippen molar-refractivity contribution < 1.29 is 9.53 Å². The Balaban J connectivity index is 1.71. The van der Waals surface area contributed by atoms with E-state index < -0.39 is 0 Å². The first-order chi connectivity index (χ1) is 11.7. The third-order valence-corrected chi connectivity index (χ3v) is 5.54. The summed E-state index contributed by atoms with van der Waals surface area (Å²) in [5, 5.41) is 5.17. The molecule has 1 aromatic heterocycles. The number of ether oxygens (including phenoxy) is 1. The minimum atomic E-state index is 0.116. The van der Waals surface area contributed by atoms with Gasteiger partial charge in [0.1, 0.15) is 10.8 Å². The summed E-state index contributed by atoms with van der Waals surface area (Å²) in [6.45, 7) is 2.12. The van der Waals surface area contributed by atoms with Gasteiger partial charge < -0.3 is 10.1 Å². The molecular formula is C19H24N2O2S. The quantitative estimate of drug-likeness (QED) is 0.806. The zero-order valence-electron chi connectivity index (χ0n) is 14.3. The number of aryl methyl sites for hydroxylation is 1. The number of carbonyl (C=O) groups excluding carboxylic acids is 1. The van der Waals surface area contributed by atoms with Gasteiger partial charge in [0.2, 0.25) is 5.91 Å². The van der Waals surface area contributed by atoms with Crippen molar-refractivity contribution in [2.24, 2.45) is 0 Å². The fourth-order valence-corrected chi connectivity index (χ4v) is 4.06. The number of aromatic nitrogens is 1. The van der Waals surface area contributed by atoms with Crippen LogP contribution in [0, 0.1) is 0 Å². The van der Waals surface area contributed by atoms with Gasteiger partial charge in [0.05, 0.1) is 18.4 Å². The molecule has 5 heteroatoms. The van der Waals surface area contributed by atoms with Crippen molar-refractivity contribution in [1.82, 2.24) is 10.3 Å². The van der Waals surface area contributed by atoms with Crippen LogP contribution in [0.1, 0.15) is 38.2 Å². The summed E-state index contributed by atoms with van der Waals surface area (Å²) >= 11 is 1.53. The molecule has 1 aromatic carbocycles. The molecule has 24 heavy (non-hydrogen) atoms. The summed E-state index contributed by atoms with van der Waals surface area (Å²) in [7, 11) is 1.67. The number of rotatable bonds is 6. The molecule has 128 valence electrons. The lowest BCUT2D eigenvalue weighted by Crippen LogP contribution is -2.33. The summed E-state index contributed by atoms with van der Waals surface area (Å²) in [5.74, 6) is 1.38. The van der Waals surface area contributed by atoms with Crippen molar-refractivity contribution in [3.05, 3.63) is 29.8 Å². The topological polar surface area (TPSA) is 51.2 Å². The largest absolute Gasteiger partial charge is 0.497 e. The summed E-state index contributed by atoms with van der Waals surface area (Å²) < 4.78 is 5.28. The number of hydrogen-bond donors (Lipinski definition) is 1. The Morgan fingerprint density at radius 2 is 2.12 bits per heavy atom. The van der Waals surface area contributed by atoms with Gasteiger partial charge in [-0.2, -0.15) is 0 Å².